The molecule has 0 saturated carbocycles. The molecule has 1 saturated heterocycles. The molecule has 4 rings (SSSR count). The highest BCUT2D eigenvalue weighted by Crippen LogP contribution is 2.18. The second-order valence-corrected chi connectivity index (χ2v) is 8.24. The predicted molar refractivity (Wildman–Crippen MR) is 119 cm³/mol. The average Bonchev–Trinajstić information content (AvgIpc) is 3.26. The molecule has 1 aliphatic rings. The number of para-hydroxylation sites is 2. The van der Waals surface area contributed by atoms with Crippen LogP contribution in [-0.4, -0.2) is 69.8 Å². The van der Waals surface area contributed by atoms with Gasteiger partial charge in [-0.15, -0.1) is 5.10 Å². The van der Waals surface area contributed by atoms with Crippen molar-refractivity contribution in [2.75, 3.05) is 43.4 Å². The third-order valence-corrected chi connectivity index (χ3v) is 5.99. The Morgan fingerprint density at radius 1 is 1.00 bits per heavy atom. The Hall–Kier alpha value is -2.55. The summed E-state index contributed by atoms with van der Waals surface area (Å²) in [5.74, 6) is 2.04. The predicted octanol–water partition coefficient (Wildman–Crippen LogP) is 2.66. The van der Waals surface area contributed by atoms with Gasteiger partial charge in [0.2, 0.25) is 5.16 Å². The molecule has 1 atom stereocenters. The summed E-state index contributed by atoms with van der Waals surface area (Å²) in [6.45, 7) is 4.89. The van der Waals surface area contributed by atoms with E-state index in [0.717, 1.165) is 31.9 Å². The molecule has 158 valence electrons. The van der Waals surface area contributed by atoms with Crippen LogP contribution in [0.1, 0.15) is 5.82 Å². The molecule has 0 spiro atoms. The van der Waals surface area contributed by atoms with Crippen LogP contribution in [0.3, 0.4) is 0 Å². The maximum absolute atomic E-state index is 10.4. The summed E-state index contributed by atoms with van der Waals surface area (Å²) in [6, 6.07) is 20.1. The lowest BCUT2D eigenvalue weighted by atomic mass is 10.2. The highest BCUT2D eigenvalue weighted by molar-refractivity contribution is 7.99. The minimum atomic E-state index is -0.416. The second-order valence-electron chi connectivity index (χ2n) is 7.25. The number of aromatic nitrogens is 3. The number of aromatic amines is 1. The number of aliphatic hydroxyl groups excluding tert-OH is 1. The topological polar surface area (TPSA) is 77.5 Å². The third-order valence-electron chi connectivity index (χ3n) is 5.00. The number of anilines is 1. The quantitative estimate of drug-likeness (QED) is 0.511. The molecule has 1 aromatic heterocycles. The zero-order chi connectivity index (χ0) is 20.6. The molecular formula is C22H27N5O2S. The number of thioether (sulfide) groups is 1. The molecule has 1 aliphatic heterocycles. The van der Waals surface area contributed by atoms with Gasteiger partial charge in [0.1, 0.15) is 12.4 Å². The zero-order valence-corrected chi connectivity index (χ0v) is 17.7. The molecule has 8 heteroatoms. The molecule has 0 bridgehead atoms. The van der Waals surface area contributed by atoms with Crippen molar-refractivity contribution >= 4 is 17.4 Å². The number of nitrogens with zero attached hydrogens (tertiary/aromatic N) is 4. The number of hydrogen-bond acceptors (Lipinski definition) is 7. The van der Waals surface area contributed by atoms with Crippen molar-refractivity contribution in [2.24, 2.45) is 0 Å². The van der Waals surface area contributed by atoms with Crippen LogP contribution in [0.5, 0.6) is 5.75 Å². The van der Waals surface area contributed by atoms with Crippen LogP contribution in [0.25, 0.3) is 0 Å². The van der Waals surface area contributed by atoms with Crippen molar-refractivity contribution in [1.29, 1.82) is 0 Å². The van der Waals surface area contributed by atoms with Gasteiger partial charge in [0.15, 0.2) is 5.82 Å². The van der Waals surface area contributed by atoms with Crippen molar-refractivity contribution < 1.29 is 9.84 Å². The third kappa shape index (κ3) is 5.98. The monoisotopic (exact) mass is 425 g/mol. The first-order valence-corrected chi connectivity index (χ1v) is 11.2. The average molecular weight is 426 g/mol. The van der Waals surface area contributed by atoms with E-state index < -0.39 is 6.10 Å². The van der Waals surface area contributed by atoms with Crippen LogP contribution in [0.2, 0.25) is 0 Å². The molecule has 2 heterocycles. The van der Waals surface area contributed by atoms with E-state index in [-0.39, 0.29) is 0 Å². The van der Waals surface area contributed by atoms with E-state index in [1.807, 2.05) is 36.4 Å². The Balaban J connectivity index is 1.16. The van der Waals surface area contributed by atoms with E-state index in [2.05, 4.69) is 49.2 Å². The minimum Gasteiger partial charge on any atom is -0.486 e. The maximum Gasteiger partial charge on any atom is 0.208 e. The fourth-order valence-corrected chi connectivity index (χ4v) is 4.16. The van der Waals surface area contributed by atoms with E-state index in [4.69, 9.17) is 4.74 Å². The Labute approximate surface area is 181 Å². The van der Waals surface area contributed by atoms with Gasteiger partial charge in [-0.1, -0.05) is 48.2 Å². The number of ether oxygens (including phenoxy) is 1. The summed E-state index contributed by atoms with van der Waals surface area (Å²) in [5, 5.41) is 18.2. The van der Waals surface area contributed by atoms with Crippen LogP contribution in [0.15, 0.2) is 65.8 Å². The fourth-order valence-electron chi connectivity index (χ4n) is 3.42. The minimum absolute atomic E-state index is 0.339. The molecule has 0 radical (unpaired) electrons. The molecule has 3 aromatic rings. The maximum atomic E-state index is 10.4. The highest BCUT2D eigenvalue weighted by Gasteiger charge is 2.20. The summed E-state index contributed by atoms with van der Waals surface area (Å²) in [5.41, 5.74) is 1.27. The summed E-state index contributed by atoms with van der Waals surface area (Å²) < 4.78 is 5.67. The zero-order valence-electron chi connectivity index (χ0n) is 16.9. The number of hydrogen-bond donors (Lipinski definition) is 2. The van der Waals surface area contributed by atoms with E-state index in [9.17, 15) is 5.11 Å². The molecule has 1 fully saturated rings. The smallest absolute Gasteiger partial charge is 0.208 e. The number of β-amino-alcohol motifs (C(OH)–C–C–N with tert-alkyl or cyclic N) is 1. The van der Waals surface area contributed by atoms with Crippen LogP contribution in [-0.2, 0) is 6.61 Å². The van der Waals surface area contributed by atoms with Gasteiger partial charge in [0, 0.05) is 44.2 Å². The summed E-state index contributed by atoms with van der Waals surface area (Å²) in [4.78, 5) is 9.14. The Kier molecular flexibility index (Phi) is 7.23. The first-order chi connectivity index (χ1) is 14.8. The van der Waals surface area contributed by atoms with E-state index in [1.165, 1.54) is 17.4 Å². The number of piperazine rings is 1. The van der Waals surface area contributed by atoms with E-state index in [0.29, 0.717) is 29.9 Å². The van der Waals surface area contributed by atoms with Crippen molar-refractivity contribution in [3.63, 3.8) is 0 Å². The first-order valence-electron chi connectivity index (χ1n) is 10.2. The van der Waals surface area contributed by atoms with Crippen LogP contribution < -0.4 is 9.64 Å². The first kappa shape index (κ1) is 20.7. The molecule has 30 heavy (non-hydrogen) atoms. The van der Waals surface area contributed by atoms with E-state index >= 15 is 0 Å². The van der Waals surface area contributed by atoms with Gasteiger partial charge in [-0.2, -0.15) is 0 Å². The molecule has 1 unspecified atom stereocenters. The number of rotatable bonds is 9. The van der Waals surface area contributed by atoms with Crippen LogP contribution in [0, 0.1) is 0 Å². The van der Waals surface area contributed by atoms with Gasteiger partial charge < -0.3 is 14.7 Å². The van der Waals surface area contributed by atoms with Gasteiger partial charge in [-0.05, 0) is 24.3 Å². The van der Waals surface area contributed by atoms with Crippen molar-refractivity contribution in [1.82, 2.24) is 20.1 Å². The van der Waals surface area contributed by atoms with Gasteiger partial charge in [0.05, 0.1) is 6.10 Å². The number of H-pyrrole nitrogens is 1. The molecule has 7 nitrogen and oxygen atoms in total. The molecule has 2 aromatic carbocycles. The van der Waals surface area contributed by atoms with Crippen molar-refractivity contribution in [3.8, 4) is 5.75 Å². The normalized spacial score (nSPS) is 15.8. The standard InChI is InChI=1S/C22H27N5O2S/c28-19(15-26-11-13-27(14-12-26)18-7-3-1-4-8-18)17-30-22-23-21(24-25-22)16-29-20-9-5-2-6-10-20/h1-10,19,28H,11-17H2,(H,23,24,25). The largest absolute Gasteiger partial charge is 0.486 e. The van der Waals surface area contributed by atoms with E-state index in [1.54, 1.807) is 0 Å². The van der Waals surface area contributed by atoms with Gasteiger partial charge in [0.25, 0.3) is 0 Å². The molecule has 2 N–H and O–H groups in total. The van der Waals surface area contributed by atoms with Gasteiger partial charge in [-0.3, -0.25) is 10.00 Å². The van der Waals surface area contributed by atoms with Gasteiger partial charge >= 0.3 is 0 Å². The molecule has 0 aliphatic carbocycles. The fraction of sp³-hybridized carbons (Fsp3) is 0.364. The van der Waals surface area contributed by atoms with Crippen molar-refractivity contribution in [2.45, 2.75) is 17.9 Å². The summed E-state index contributed by atoms with van der Waals surface area (Å²) >= 11 is 1.46. The Morgan fingerprint density at radius 3 is 2.43 bits per heavy atom. The van der Waals surface area contributed by atoms with Crippen LogP contribution >= 0.6 is 11.8 Å². The number of aliphatic hydroxyl groups is 1. The second kappa shape index (κ2) is 10.5. The Morgan fingerprint density at radius 2 is 1.70 bits per heavy atom. The van der Waals surface area contributed by atoms with Crippen molar-refractivity contribution in [3.05, 3.63) is 66.5 Å². The number of nitrogens with one attached hydrogen (secondary N) is 1. The highest BCUT2D eigenvalue weighted by atomic mass is 32.2. The van der Waals surface area contributed by atoms with Gasteiger partial charge in [-0.25, -0.2) is 4.98 Å². The molecule has 0 amide bonds. The summed E-state index contributed by atoms with van der Waals surface area (Å²) in [7, 11) is 0. The lowest BCUT2D eigenvalue weighted by Gasteiger charge is -2.36. The summed E-state index contributed by atoms with van der Waals surface area (Å²) in [6.07, 6.45) is -0.416. The van der Waals surface area contributed by atoms with Crippen LogP contribution in [0.4, 0.5) is 5.69 Å². The SMILES string of the molecule is OC(CSc1n[nH]c(COc2ccccc2)n1)CN1CCN(c2ccccc2)CC1. The molecular weight excluding hydrogens is 398 g/mol. The lowest BCUT2D eigenvalue weighted by molar-refractivity contribution is 0.126. The number of benzene rings is 2. The lowest BCUT2D eigenvalue weighted by Crippen LogP contribution is -2.48. The Bertz CT molecular complexity index is 885.